The number of hydrazone groups is 1. The third-order valence-electron chi connectivity index (χ3n) is 3.06. The highest BCUT2D eigenvalue weighted by Crippen LogP contribution is 2.17. The molecule has 0 saturated carbocycles. The fourth-order valence-corrected chi connectivity index (χ4v) is 1.93. The Morgan fingerprint density at radius 3 is 2.33 bits per heavy atom. The zero-order valence-electron chi connectivity index (χ0n) is 11.9. The van der Waals surface area contributed by atoms with Gasteiger partial charge in [0.05, 0.1) is 11.3 Å². The fraction of sp³-hybridized carbons (Fsp3) is 0.125. The van der Waals surface area contributed by atoms with Crippen molar-refractivity contribution in [3.05, 3.63) is 59.7 Å². The normalized spacial score (nSPS) is 11.0. The van der Waals surface area contributed by atoms with Gasteiger partial charge in [0.2, 0.25) is 0 Å². The van der Waals surface area contributed by atoms with Crippen LogP contribution in [0.25, 0.3) is 0 Å². The van der Waals surface area contributed by atoms with Crippen LogP contribution in [0.1, 0.15) is 22.8 Å². The molecule has 2 aromatic rings. The van der Waals surface area contributed by atoms with E-state index in [-0.39, 0.29) is 11.7 Å². The second-order valence-corrected chi connectivity index (χ2v) is 4.45. The predicted octanol–water partition coefficient (Wildman–Crippen LogP) is 2.59. The van der Waals surface area contributed by atoms with Crippen molar-refractivity contribution in [2.45, 2.75) is 6.92 Å². The molecule has 0 radical (unpaired) electrons. The fourth-order valence-electron chi connectivity index (χ4n) is 1.93. The molecule has 21 heavy (non-hydrogen) atoms. The highest BCUT2D eigenvalue weighted by Gasteiger charge is 2.10. The minimum Gasteiger partial charge on any atom is -0.507 e. The van der Waals surface area contributed by atoms with E-state index in [2.05, 4.69) is 15.8 Å². The summed E-state index contributed by atoms with van der Waals surface area (Å²) in [5.74, 6) is -0.182. The van der Waals surface area contributed by atoms with Crippen LogP contribution in [-0.4, -0.2) is 23.8 Å². The summed E-state index contributed by atoms with van der Waals surface area (Å²) in [5.41, 5.74) is 4.85. The van der Waals surface area contributed by atoms with E-state index in [1.165, 1.54) is 0 Å². The number of hydrogen-bond donors (Lipinski definition) is 3. The number of rotatable bonds is 4. The minimum absolute atomic E-state index is 0.128. The highest BCUT2D eigenvalue weighted by atomic mass is 16.3. The van der Waals surface area contributed by atoms with Crippen LogP contribution in [0.15, 0.2) is 53.6 Å². The van der Waals surface area contributed by atoms with Gasteiger partial charge in [-0.15, -0.1) is 0 Å². The molecule has 0 spiro atoms. The molecule has 2 rings (SSSR count). The molecule has 2 aromatic carbocycles. The van der Waals surface area contributed by atoms with Gasteiger partial charge in [-0.1, -0.05) is 24.3 Å². The van der Waals surface area contributed by atoms with Crippen molar-refractivity contribution >= 4 is 17.3 Å². The molecule has 0 bridgehead atoms. The van der Waals surface area contributed by atoms with Crippen LogP contribution in [0.5, 0.6) is 5.75 Å². The summed E-state index contributed by atoms with van der Waals surface area (Å²) in [6.07, 6.45) is 0. The van der Waals surface area contributed by atoms with E-state index in [1.54, 1.807) is 50.4 Å². The van der Waals surface area contributed by atoms with E-state index in [0.717, 1.165) is 5.69 Å². The highest BCUT2D eigenvalue weighted by molar-refractivity contribution is 6.03. The van der Waals surface area contributed by atoms with Crippen molar-refractivity contribution < 1.29 is 9.90 Å². The Balaban J connectivity index is 2.17. The number of carbonyl (C=O) groups excluding carboxylic acids is 1. The van der Waals surface area contributed by atoms with E-state index < -0.39 is 0 Å². The zero-order valence-corrected chi connectivity index (χ0v) is 11.9. The molecule has 3 N–H and O–H groups in total. The molecular formula is C16H17N3O2. The van der Waals surface area contributed by atoms with Crippen LogP contribution in [0.2, 0.25) is 0 Å². The minimum atomic E-state index is -0.310. The largest absolute Gasteiger partial charge is 0.507 e. The van der Waals surface area contributed by atoms with Gasteiger partial charge in [0.15, 0.2) is 0 Å². The number of nitrogens with zero attached hydrogens (tertiary/aromatic N) is 1. The molecular weight excluding hydrogens is 266 g/mol. The maximum atomic E-state index is 12.1. The van der Waals surface area contributed by atoms with E-state index >= 15 is 0 Å². The second kappa shape index (κ2) is 6.56. The number of para-hydroxylation sites is 2. The number of aromatic hydroxyl groups is 1. The first-order valence-electron chi connectivity index (χ1n) is 6.53. The number of phenols is 1. The van der Waals surface area contributed by atoms with Gasteiger partial charge in [0.1, 0.15) is 5.75 Å². The SMILES string of the molecule is CNc1ccccc1C(=O)N/N=C(\C)c1ccccc1O. The smallest absolute Gasteiger partial charge is 0.273 e. The lowest BCUT2D eigenvalue weighted by Gasteiger charge is -2.08. The number of carbonyl (C=O) groups is 1. The van der Waals surface area contributed by atoms with Crippen LogP contribution < -0.4 is 10.7 Å². The molecule has 5 nitrogen and oxygen atoms in total. The van der Waals surface area contributed by atoms with Crippen molar-refractivity contribution in [2.75, 3.05) is 12.4 Å². The lowest BCUT2D eigenvalue weighted by Crippen LogP contribution is -2.20. The Hall–Kier alpha value is -2.82. The molecule has 0 aliphatic carbocycles. The summed E-state index contributed by atoms with van der Waals surface area (Å²) in [6, 6.07) is 14.0. The lowest BCUT2D eigenvalue weighted by atomic mass is 10.1. The first kappa shape index (κ1) is 14.6. The average Bonchev–Trinajstić information content (AvgIpc) is 2.52. The van der Waals surface area contributed by atoms with Gasteiger partial charge in [-0.2, -0.15) is 5.10 Å². The molecule has 1 amide bonds. The van der Waals surface area contributed by atoms with Crippen molar-refractivity contribution in [2.24, 2.45) is 5.10 Å². The molecule has 0 saturated heterocycles. The Morgan fingerprint density at radius 1 is 1.05 bits per heavy atom. The standard InChI is InChI=1S/C16H17N3O2/c1-11(12-7-4-6-10-15(12)20)18-19-16(21)13-8-3-5-9-14(13)17-2/h3-10,17,20H,1-2H3,(H,19,21)/b18-11+. The maximum Gasteiger partial charge on any atom is 0.273 e. The van der Waals surface area contributed by atoms with E-state index in [9.17, 15) is 9.90 Å². The summed E-state index contributed by atoms with van der Waals surface area (Å²) in [6.45, 7) is 1.72. The Bertz CT molecular complexity index is 681. The van der Waals surface area contributed by atoms with Gasteiger partial charge < -0.3 is 10.4 Å². The zero-order chi connectivity index (χ0) is 15.2. The van der Waals surface area contributed by atoms with Gasteiger partial charge >= 0.3 is 0 Å². The topological polar surface area (TPSA) is 73.7 Å². The summed E-state index contributed by atoms with van der Waals surface area (Å²) in [4.78, 5) is 12.1. The van der Waals surface area contributed by atoms with Crippen molar-refractivity contribution in [1.82, 2.24) is 5.43 Å². The van der Waals surface area contributed by atoms with Gasteiger partial charge in [0, 0.05) is 18.3 Å². The van der Waals surface area contributed by atoms with Gasteiger partial charge in [0.25, 0.3) is 5.91 Å². The molecule has 108 valence electrons. The maximum absolute atomic E-state index is 12.1. The van der Waals surface area contributed by atoms with Crippen LogP contribution in [-0.2, 0) is 0 Å². The first-order valence-corrected chi connectivity index (χ1v) is 6.53. The number of anilines is 1. The van der Waals surface area contributed by atoms with E-state index in [1.807, 2.05) is 12.1 Å². The summed E-state index contributed by atoms with van der Waals surface area (Å²) in [7, 11) is 1.75. The summed E-state index contributed by atoms with van der Waals surface area (Å²) in [5, 5.41) is 16.7. The number of amides is 1. The number of nitrogens with one attached hydrogen (secondary N) is 2. The molecule has 0 heterocycles. The van der Waals surface area contributed by atoms with Crippen molar-refractivity contribution in [3.8, 4) is 5.75 Å². The number of benzene rings is 2. The molecule has 5 heteroatoms. The van der Waals surface area contributed by atoms with Crippen molar-refractivity contribution in [1.29, 1.82) is 0 Å². The van der Waals surface area contributed by atoms with E-state index in [0.29, 0.717) is 16.8 Å². The number of phenolic OH excluding ortho intramolecular Hbond substituents is 1. The third-order valence-corrected chi connectivity index (χ3v) is 3.06. The molecule has 0 fully saturated rings. The van der Waals surface area contributed by atoms with Crippen molar-refractivity contribution in [3.63, 3.8) is 0 Å². The molecule has 0 atom stereocenters. The molecule has 0 aliphatic heterocycles. The molecule has 0 unspecified atom stereocenters. The third kappa shape index (κ3) is 3.39. The van der Waals surface area contributed by atoms with Gasteiger partial charge in [-0.3, -0.25) is 4.79 Å². The van der Waals surface area contributed by atoms with Gasteiger partial charge in [-0.25, -0.2) is 5.43 Å². The quantitative estimate of drug-likeness (QED) is 0.596. The van der Waals surface area contributed by atoms with Crippen LogP contribution in [0.3, 0.4) is 0 Å². The predicted molar refractivity (Wildman–Crippen MR) is 83.8 cm³/mol. The number of hydrogen-bond acceptors (Lipinski definition) is 4. The average molecular weight is 283 g/mol. The monoisotopic (exact) mass is 283 g/mol. The lowest BCUT2D eigenvalue weighted by molar-refractivity contribution is 0.0955. The Labute approximate surface area is 123 Å². The summed E-state index contributed by atoms with van der Waals surface area (Å²) >= 11 is 0. The summed E-state index contributed by atoms with van der Waals surface area (Å²) < 4.78 is 0. The molecule has 0 aromatic heterocycles. The second-order valence-electron chi connectivity index (χ2n) is 4.45. The first-order chi connectivity index (χ1) is 10.1. The molecule has 0 aliphatic rings. The van der Waals surface area contributed by atoms with Crippen LogP contribution in [0.4, 0.5) is 5.69 Å². The Morgan fingerprint density at radius 2 is 1.67 bits per heavy atom. The van der Waals surface area contributed by atoms with Crippen LogP contribution in [0, 0.1) is 0 Å². The van der Waals surface area contributed by atoms with E-state index in [4.69, 9.17) is 0 Å². The van der Waals surface area contributed by atoms with Gasteiger partial charge in [-0.05, 0) is 31.2 Å². The van der Waals surface area contributed by atoms with Crippen LogP contribution >= 0.6 is 0 Å². The Kier molecular flexibility index (Phi) is 4.56.